The Morgan fingerprint density at radius 3 is 2.44 bits per heavy atom. The third kappa shape index (κ3) is 3.34. The number of carboxylic acids is 1. The van der Waals surface area contributed by atoms with Crippen LogP contribution in [-0.4, -0.2) is 57.5 Å². The van der Waals surface area contributed by atoms with Gasteiger partial charge in [0.2, 0.25) is 0 Å². The molecule has 1 fully saturated rings. The standard InChI is InChI=1S/C19H19FN4O3/c20-13-1-2-17-12(9-13)3-8-24(17)14-4-6-23(7-5-14)18(25)15-10-22-16(11-21-15)19(26)27/h1-2,9-11,14H,3-8H2,(H,26,27). The normalized spacial score (nSPS) is 17.1. The van der Waals surface area contributed by atoms with Crippen LogP contribution in [0.5, 0.6) is 0 Å². The van der Waals surface area contributed by atoms with E-state index >= 15 is 0 Å². The first-order valence-corrected chi connectivity index (χ1v) is 8.92. The van der Waals surface area contributed by atoms with Crippen molar-refractivity contribution in [3.05, 3.63) is 53.4 Å². The van der Waals surface area contributed by atoms with E-state index in [0.29, 0.717) is 19.1 Å². The fraction of sp³-hybridized carbons (Fsp3) is 0.368. The summed E-state index contributed by atoms with van der Waals surface area (Å²) in [6, 6.07) is 5.26. The van der Waals surface area contributed by atoms with Crippen LogP contribution in [0.3, 0.4) is 0 Å². The molecule has 8 heteroatoms. The fourth-order valence-corrected chi connectivity index (χ4v) is 3.87. The van der Waals surface area contributed by atoms with Gasteiger partial charge in [0, 0.05) is 31.4 Å². The van der Waals surface area contributed by atoms with Gasteiger partial charge in [0.05, 0.1) is 12.4 Å². The number of anilines is 1. The summed E-state index contributed by atoms with van der Waals surface area (Å²) in [5, 5.41) is 8.86. The van der Waals surface area contributed by atoms with E-state index < -0.39 is 5.97 Å². The Morgan fingerprint density at radius 1 is 1.07 bits per heavy atom. The number of fused-ring (bicyclic) bond motifs is 1. The molecule has 0 unspecified atom stereocenters. The monoisotopic (exact) mass is 370 g/mol. The highest BCUT2D eigenvalue weighted by Gasteiger charge is 2.31. The number of hydrogen-bond donors (Lipinski definition) is 1. The average Bonchev–Trinajstić information content (AvgIpc) is 3.10. The van der Waals surface area contributed by atoms with E-state index in [9.17, 15) is 14.0 Å². The minimum absolute atomic E-state index is 0.153. The summed E-state index contributed by atoms with van der Waals surface area (Å²) in [6.45, 7) is 2.07. The van der Waals surface area contributed by atoms with Crippen LogP contribution in [0.1, 0.15) is 39.4 Å². The predicted octanol–water partition coefficient (Wildman–Crippen LogP) is 1.98. The van der Waals surface area contributed by atoms with Crippen molar-refractivity contribution < 1.29 is 19.1 Å². The van der Waals surface area contributed by atoms with Crippen LogP contribution in [0.15, 0.2) is 30.6 Å². The molecule has 0 bridgehead atoms. The summed E-state index contributed by atoms with van der Waals surface area (Å²) in [5.41, 5.74) is 2.11. The molecule has 2 aliphatic rings. The highest BCUT2D eigenvalue weighted by atomic mass is 19.1. The minimum atomic E-state index is -1.17. The molecule has 2 aliphatic heterocycles. The quantitative estimate of drug-likeness (QED) is 0.889. The van der Waals surface area contributed by atoms with Gasteiger partial charge in [0.25, 0.3) is 5.91 Å². The molecule has 2 aromatic rings. The number of carboxylic acid groups (broad SMARTS) is 1. The number of amides is 1. The van der Waals surface area contributed by atoms with Gasteiger partial charge in [-0.05, 0) is 43.0 Å². The number of rotatable bonds is 3. The molecule has 1 N–H and O–H groups in total. The predicted molar refractivity (Wildman–Crippen MR) is 95.4 cm³/mol. The summed E-state index contributed by atoms with van der Waals surface area (Å²) >= 11 is 0. The molecular formula is C19H19FN4O3. The summed E-state index contributed by atoms with van der Waals surface area (Å²) in [4.78, 5) is 35.1. The summed E-state index contributed by atoms with van der Waals surface area (Å²) < 4.78 is 13.4. The average molecular weight is 370 g/mol. The molecule has 4 rings (SSSR count). The van der Waals surface area contributed by atoms with Gasteiger partial charge >= 0.3 is 5.97 Å². The van der Waals surface area contributed by atoms with Crippen LogP contribution in [0.4, 0.5) is 10.1 Å². The zero-order chi connectivity index (χ0) is 19.0. The summed E-state index contributed by atoms with van der Waals surface area (Å²) in [6.07, 6.45) is 4.80. The molecule has 1 amide bonds. The summed E-state index contributed by atoms with van der Waals surface area (Å²) in [5.74, 6) is -1.61. The minimum Gasteiger partial charge on any atom is -0.476 e. The van der Waals surface area contributed by atoms with E-state index in [1.54, 1.807) is 11.0 Å². The van der Waals surface area contributed by atoms with Crippen molar-refractivity contribution in [2.45, 2.75) is 25.3 Å². The molecule has 140 valence electrons. The lowest BCUT2D eigenvalue weighted by molar-refractivity contribution is 0.0679. The van der Waals surface area contributed by atoms with Crippen LogP contribution in [0.2, 0.25) is 0 Å². The number of aromatic nitrogens is 2. The number of carbonyl (C=O) groups excluding carboxylic acids is 1. The van der Waals surface area contributed by atoms with E-state index in [1.165, 1.54) is 12.3 Å². The van der Waals surface area contributed by atoms with E-state index in [-0.39, 0.29) is 23.1 Å². The largest absolute Gasteiger partial charge is 0.476 e. The molecule has 1 saturated heterocycles. The second-order valence-electron chi connectivity index (χ2n) is 6.83. The molecule has 0 spiro atoms. The van der Waals surface area contributed by atoms with Crippen molar-refractivity contribution >= 4 is 17.6 Å². The van der Waals surface area contributed by atoms with Crippen molar-refractivity contribution in [2.75, 3.05) is 24.5 Å². The van der Waals surface area contributed by atoms with Crippen LogP contribution in [-0.2, 0) is 6.42 Å². The molecule has 1 aromatic heterocycles. The molecule has 7 nitrogen and oxygen atoms in total. The van der Waals surface area contributed by atoms with Gasteiger partial charge in [0.1, 0.15) is 11.5 Å². The number of benzene rings is 1. The Balaban J connectivity index is 1.39. The number of likely N-dealkylation sites (tertiary alicyclic amines) is 1. The Hall–Kier alpha value is -3.03. The van der Waals surface area contributed by atoms with Crippen molar-refractivity contribution in [3.8, 4) is 0 Å². The second-order valence-corrected chi connectivity index (χ2v) is 6.83. The summed E-state index contributed by atoms with van der Waals surface area (Å²) in [7, 11) is 0. The van der Waals surface area contributed by atoms with Crippen molar-refractivity contribution in [1.82, 2.24) is 14.9 Å². The maximum Gasteiger partial charge on any atom is 0.356 e. The Labute approximate surface area is 155 Å². The van der Waals surface area contributed by atoms with Gasteiger partial charge in [-0.3, -0.25) is 4.79 Å². The van der Waals surface area contributed by atoms with Crippen molar-refractivity contribution in [3.63, 3.8) is 0 Å². The molecule has 3 heterocycles. The molecule has 0 radical (unpaired) electrons. The first kappa shape index (κ1) is 17.4. The smallest absolute Gasteiger partial charge is 0.356 e. The van der Waals surface area contributed by atoms with Gasteiger partial charge in [-0.25, -0.2) is 19.2 Å². The van der Waals surface area contributed by atoms with Gasteiger partial charge in [-0.2, -0.15) is 0 Å². The zero-order valence-corrected chi connectivity index (χ0v) is 14.6. The van der Waals surface area contributed by atoms with Crippen molar-refractivity contribution in [2.24, 2.45) is 0 Å². The number of aromatic carboxylic acids is 1. The first-order chi connectivity index (χ1) is 13.0. The number of halogens is 1. The molecule has 27 heavy (non-hydrogen) atoms. The van der Waals surface area contributed by atoms with Crippen LogP contribution in [0.25, 0.3) is 0 Å². The first-order valence-electron chi connectivity index (χ1n) is 8.92. The van der Waals surface area contributed by atoms with Gasteiger partial charge in [0.15, 0.2) is 5.69 Å². The lowest BCUT2D eigenvalue weighted by atomic mass is 10.0. The van der Waals surface area contributed by atoms with Crippen LogP contribution >= 0.6 is 0 Å². The number of nitrogens with zero attached hydrogens (tertiary/aromatic N) is 4. The van der Waals surface area contributed by atoms with Crippen molar-refractivity contribution in [1.29, 1.82) is 0 Å². The van der Waals surface area contributed by atoms with E-state index in [4.69, 9.17) is 5.11 Å². The molecule has 0 saturated carbocycles. The molecule has 1 aromatic carbocycles. The Morgan fingerprint density at radius 2 is 1.78 bits per heavy atom. The Bertz CT molecular complexity index is 879. The number of piperidine rings is 1. The maximum absolute atomic E-state index is 13.4. The molecule has 0 aliphatic carbocycles. The van der Waals surface area contributed by atoms with E-state index in [2.05, 4.69) is 14.9 Å². The van der Waals surface area contributed by atoms with Crippen LogP contribution < -0.4 is 4.90 Å². The topological polar surface area (TPSA) is 86.6 Å². The highest BCUT2D eigenvalue weighted by molar-refractivity contribution is 5.92. The number of carbonyl (C=O) groups is 2. The van der Waals surface area contributed by atoms with Gasteiger partial charge in [-0.1, -0.05) is 0 Å². The zero-order valence-electron chi connectivity index (χ0n) is 14.6. The lowest BCUT2D eigenvalue weighted by Crippen LogP contribution is -2.46. The van der Waals surface area contributed by atoms with Gasteiger partial charge in [-0.15, -0.1) is 0 Å². The second kappa shape index (κ2) is 6.94. The third-order valence-electron chi connectivity index (χ3n) is 5.26. The third-order valence-corrected chi connectivity index (χ3v) is 5.26. The van der Waals surface area contributed by atoms with Gasteiger partial charge < -0.3 is 14.9 Å². The highest BCUT2D eigenvalue weighted by Crippen LogP contribution is 2.33. The van der Waals surface area contributed by atoms with E-state index in [0.717, 1.165) is 43.3 Å². The molecule has 0 atom stereocenters. The SMILES string of the molecule is O=C(O)c1cnc(C(=O)N2CCC(N3CCc4cc(F)ccc43)CC2)cn1. The number of hydrogen-bond acceptors (Lipinski definition) is 5. The lowest BCUT2D eigenvalue weighted by Gasteiger charge is -2.38. The Kier molecular flexibility index (Phi) is 4.47. The fourth-order valence-electron chi connectivity index (χ4n) is 3.87. The molecular weight excluding hydrogens is 351 g/mol. The maximum atomic E-state index is 13.4. The van der Waals surface area contributed by atoms with Crippen LogP contribution in [0, 0.1) is 5.82 Å². The van der Waals surface area contributed by atoms with E-state index in [1.807, 2.05) is 6.07 Å².